The summed E-state index contributed by atoms with van der Waals surface area (Å²) in [5, 5.41) is 3.43. The largest absolute Gasteiger partial charge is 0.329 e. The molecule has 0 bridgehead atoms. The maximum atomic E-state index is 4.78. The van der Waals surface area contributed by atoms with Gasteiger partial charge in [-0.15, -0.1) is 0 Å². The van der Waals surface area contributed by atoms with E-state index in [-0.39, 0.29) is 0 Å². The van der Waals surface area contributed by atoms with E-state index in [4.69, 9.17) is 4.98 Å². The third kappa shape index (κ3) is 2.09. The first-order valence-corrected chi connectivity index (χ1v) is 7.42. The zero-order valence-corrected chi connectivity index (χ0v) is 11.9. The van der Waals surface area contributed by atoms with Crippen LogP contribution in [0.2, 0.25) is 0 Å². The predicted octanol–water partition coefficient (Wildman–Crippen LogP) is 2.83. The monoisotopic (exact) mass is 247 g/mol. The van der Waals surface area contributed by atoms with E-state index in [1.54, 1.807) is 0 Å². The molecule has 0 spiro atoms. The Bertz CT molecular complexity index is 425. The van der Waals surface area contributed by atoms with E-state index in [2.05, 4.69) is 30.7 Å². The van der Waals surface area contributed by atoms with Crippen molar-refractivity contribution < 1.29 is 0 Å². The van der Waals surface area contributed by atoms with Crippen LogP contribution in [0.1, 0.15) is 56.4 Å². The van der Waals surface area contributed by atoms with Gasteiger partial charge in [0.25, 0.3) is 0 Å². The fraction of sp³-hybridized carbons (Fsp3) is 0.800. The normalized spacial score (nSPS) is 32.3. The van der Waals surface area contributed by atoms with Crippen LogP contribution in [0, 0.1) is 18.8 Å². The lowest BCUT2D eigenvalue weighted by atomic mass is 9.80. The van der Waals surface area contributed by atoms with Gasteiger partial charge >= 0.3 is 0 Å². The van der Waals surface area contributed by atoms with Crippen molar-refractivity contribution in [3.63, 3.8) is 0 Å². The van der Waals surface area contributed by atoms with Crippen LogP contribution in [0.5, 0.6) is 0 Å². The Kier molecular flexibility index (Phi) is 3.18. The average molecular weight is 247 g/mol. The third-order valence-electron chi connectivity index (χ3n) is 4.62. The van der Waals surface area contributed by atoms with E-state index in [9.17, 15) is 0 Å². The van der Waals surface area contributed by atoms with Crippen LogP contribution >= 0.6 is 0 Å². The van der Waals surface area contributed by atoms with E-state index < -0.39 is 0 Å². The van der Waals surface area contributed by atoms with Crippen molar-refractivity contribution in [2.45, 2.75) is 59.0 Å². The predicted molar refractivity (Wildman–Crippen MR) is 73.6 cm³/mol. The summed E-state index contributed by atoms with van der Waals surface area (Å²) in [6.45, 7) is 9.06. The highest BCUT2D eigenvalue weighted by Crippen LogP contribution is 2.38. The van der Waals surface area contributed by atoms with Gasteiger partial charge in [-0.2, -0.15) is 0 Å². The van der Waals surface area contributed by atoms with Gasteiger partial charge in [-0.25, -0.2) is 4.98 Å². The maximum Gasteiger partial charge on any atom is 0.106 e. The molecule has 1 aromatic rings. The van der Waals surface area contributed by atoms with Gasteiger partial charge in [-0.3, -0.25) is 0 Å². The number of aromatic nitrogens is 2. The summed E-state index contributed by atoms with van der Waals surface area (Å²) < 4.78 is 2.57. The van der Waals surface area contributed by atoms with Crippen LogP contribution < -0.4 is 5.32 Å². The summed E-state index contributed by atoms with van der Waals surface area (Å²) in [6.07, 6.45) is 5.21. The van der Waals surface area contributed by atoms with Gasteiger partial charge in [0.15, 0.2) is 0 Å². The Balaban J connectivity index is 1.93. The Labute approximate surface area is 110 Å². The van der Waals surface area contributed by atoms with Crippen LogP contribution in [-0.4, -0.2) is 16.1 Å². The maximum absolute atomic E-state index is 4.78. The SMILES string of the molecule is Cc1nc2c(n1C1CC(C)CC(C)C1)CCNC2. The zero-order chi connectivity index (χ0) is 12.7. The first-order valence-electron chi connectivity index (χ1n) is 7.42. The quantitative estimate of drug-likeness (QED) is 0.827. The topological polar surface area (TPSA) is 29.9 Å². The molecular weight excluding hydrogens is 222 g/mol. The van der Waals surface area contributed by atoms with Crippen LogP contribution in [0.25, 0.3) is 0 Å². The number of rotatable bonds is 1. The number of nitrogens with zero attached hydrogens (tertiary/aromatic N) is 2. The lowest BCUT2D eigenvalue weighted by Gasteiger charge is -2.34. The lowest BCUT2D eigenvalue weighted by Crippen LogP contribution is -2.28. The van der Waals surface area contributed by atoms with Gasteiger partial charge in [0.2, 0.25) is 0 Å². The molecule has 0 radical (unpaired) electrons. The number of fused-ring (bicyclic) bond motifs is 1. The number of aryl methyl sites for hydroxylation is 1. The molecular formula is C15H25N3. The highest BCUT2D eigenvalue weighted by Gasteiger charge is 2.29. The summed E-state index contributed by atoms with van der Waals surface area (Å²) in [6, 6.07) is 0.693. The van der Waals surface area contributed by atoms with Gasteiger partial charge in [0.05, 0.1) is 5.69 Å². The number of hydrogen-bond donors (Lipinski definition) is 1. The standard InChI is InChI=1S/C15H25N3/c1-10-6-11(2)8-13(7-10)18-12(3)17-14-9-16-5-4-15(14)18/h10-11,13,16H,4-9H2,1-3H3. The van der Waals surface area contributed by atoms with E-state index >= 15 is 0 Å². The van der Waals surface area contributed by atoms with Crippen molar-refractivity contribution >= 4 is 0 Å². The van der Waals surface area contributed by atoms with Crippen molar-refractivity contribution in [2.75, 3.05) is 6.54 Å². The molecule has 100 valence electrons. The van der Waals surface area contributed by atoms with Gasteiger partial charge in [0, 0.05) is 31.2 Å². The fourth-order valence-electron chi connectivity index (χ4n) is 4.07. The number of imidazole rings is 1. The summed E-state index contributed by atoms with van der Waals surface area (Å²) in [5.74, 6) is 2.95. The molecule has 2 atom stereocenters. The molecule has 1 aromatic heterocycles. The fourth-order valence-corrected chi connectivity index (χ4v) is 4.07. The van der Waals surface area contributed by atoms with Gasteiger partial charge < -0.3 is 9.88 Å². The molecule has 3 rings (SSSR count). The van der Waals surface area contributed by atoms with E-state index in [1.807, 2.05) is 0 Å². The second-order valence-corrected chi connectivity index (χ2v) is 6.42. The molecule has 18 heavy (non-hydrogen) atoms. The summed E-state index contributed by atoms with van der Waals surface area (Å²) >= 11 is 0. The number of hydrogen-bond acceptors (Lipinski definition) is 2. The minimum Gasteiger partial charge on any atom is -0.329 e. The van der Waals surface area contributed by atoms with Gasteiger partial charge in [-0.1, -0.05) is 13.8 Å². The van der Waals surface area contributed by atoms with Crippen LogP contribution in [0.4, 0.5) is 0 Å². The average Bonchev–Trinajstić information content (AvgIpc) is 2.63. The first-order chi connectivity index (χ1) is 8.65. The second kappa shape index (κ2) is 4.69. The molecule has 2 aliphatic rings. The summed E-state index contributed by atoms with van der Waals surface area (Å²) in [4.78, 5) is 4.78. The Morgan fingerprint density at radius 1 is 1.17 bits per heavy atom. The molecule has 3 nitrogen and oxygen atoms in total. The summed E-state index contributed by atoms with van der Waals surface area (Å²) in [7, 11) is 0. The highest BCUT2D eigenvalue weighted by molar-refractivity contribution is 5.21. The van der Waals surface area contributed by atoms with Crippen LogP contribution in [0.15, 0.2) is 0 Å². The molecule has 1 saturated carbocycles. The van der Waals surface area contributed by atoms with E-state index in [1.165, 1.54) is 36.5 Å². The molecule has 1 aliphatic heterocycles. The molecule has 1 N–H and O–H groups in total. The van der Waals surface area contributed by atoms with Crippen molar-refractivity contribution in [1.82, 2.24) is 14.9 Å². The first kappa shape index (κ1) is 12.2. The van der Waals surface area contributed by atoms with Crippen LogP contribution in [0.3, 0.4) is 0 Å². The molecule has 3 heteroatoms. The second-order valence-electron chi connectivity index (χ2n) is 6.42. The van der Waals surface area contributed by atoms with E-state index in [0.29, 0.717) is 6.04 Å². The Morgan fingerprint density at radius 3 is 2.61 bits per heavy atom. The molecule has 0 aromatic carbocycles. The van der Waals surface area contributed by atoms with E-state index in [0.717, 1.165) is 31.3 Å². The molecule has 0 saturated heterocycles. The minimum absolute atomic E-state index is 0.693. The summed E-state index contributed by atoms with van der Waals surface area (Å²) in [5.41, 5.74) is 2.81. The van der Waals surface area contributed by atoms with Crippen molar-refractivity contribution in [2.24, 2.45) is 11.8 Å². The zero-order valence-electron chi connectivity index (χ0n) is 11.9. The Morgan fingerprint density at radius 2 is 1.89 bits per heavy atom. The van der Waals surface area contributed by atoms with Gasteiger partial charge in [0.1, 0.15) is 5.82 Å². The molecule has 0 amide bonds. The lowest BCUT2D eigenvalue weighted by molar-refractivity contribution is 0.216. The van der Waals surface area contributed by atoms with Crippen molar-refractivity contribution in [1.29, 1.82) is 0 Å². The third-order valence-corrected chi connectivity index (χ3v) is 4.62. The van der Waals surface area contributed by atoms with Gasteiger partial charge in [-0.05, 0) is 38.0 Å². The minimum atomic E-state index is 0.693. The van der Waals surface area contributed by atoms with Crippen molar-refractivity contribution in [3.8, 4) is 0 Å². The molecule has 1 fully saturated rings. The van der Waals surface area contributed by atoms with Crippen molar-refractivity contribution in [3.05, 3.63) is 17.2 Å². The number of nitrogens with one attached hydrogen (secondary N) is 1. The highest BCUT2D eigenvalue weighted by atomic mass is 15.1. The Hall–Kier alpha value is -0.830. The molecule has 2 unspecified atom stereocenters. The molecule has 1 aliphatic carbocycles. The van der Waals surface area contributed by atoms with Crippen LogP contribution in [-0.2, 0) is 13.0 Å². The molecule has 2 heterocycles. The smallest absolute Gasteiger partial charge is 0.106 e.